The van der Waals surface area contributed by atoms with E-state index in [-0.39, 0.29) is 28.3 Å². The number of rotatable bonds is 6. The number of amides is 1. The number of nitro groups is 1. The van der Waals surface area contributed by atoms with E-state index in [1.807, 2.05) is 12.1 Å². The van der Waals surface area contributed by atoms with Crippen LogP contribution in [0.5, 0.6) is 5.75 Å². The Hall–Kier alpha value is -3.59. The zero-order valence-corrected chi connectivity index (χ0v) is 21.0. The number of furan rings is 1. The number of non-ortho nitro benzene ring substituents is 1. The van der Waals surface area contributed by atoms with Gasteiger partial charge in [0.05, 0.1) is 29.3 Å². The van der Waals surface area contributed by atoms with Gasteiger partial charge in [0.25, 0.3) is 5.69 Å². The van der Waals surface area contributed by atoms with Crippen LogP contribution in [0.4, 0.5) is 11.4 Å². The van der Waals surface area contributed by atoms with E-state index in [4.69, 9.17) is 20.8 Å². The monoisotopic (exact) mass is 498 g/mol. The van der Waals surface area contributed by atoms with Crippen LogP contribution in [-0.4, -0.2) is 36.2 Å². The number of nitro benzene ring substituents is 1. The number of ether oxygens (including phenoxy) is 1. The summed E-state index contributed by atoms with van der Waals surface area (Å²) in [4.78, 5) is 25.6. The average Bonchev–Trinajstić information content (AvgIpc) is 3.23. The van der Waals surface area contributed by atoms with Crippen LogP contribution in [0.25, 0.3) is 11.0 Å². The van der Waals surface area contributed by atoms with E-state index >= 15 is 0 Å². The molecular formula is C25H27ClN4O5. The Morgan fingerprint density at radius 2 is 2.11 bits per heavy atom. The van der Waals surface area contributed by atoms with Crippen molar-refractivity contribution in [2.75, 3.05) is 18.6 Å². The molecule has 10 heteroatoms. The molecule has 184 valence electrons. The smallest absolute Gasteiger partial charge is 0.307 e. The van der Waals surface area contributed by atoms with Gasteiger partial charge < -0.3 is 14.1 Å². The maximum Gasteiger partial charge on any atom is 0.307 e. The van der Waals surface area contributed by atoms with E-state index < -0.39 is 10.8 Å². The van der Waals surface area contributed by atoms with Crippen LogP contribution >= 0.6 is 11.6 Å². The summed E-state index contributed by atoms with van der Waals surface area (Å²) in [6, 6.07) is 7.94. The average molecular weight is 499 g/mol. The van der Waals surface area contributed by atoms with Crippen LogP contribution in [-0.2, 0) is 0 Å². The predicted molar refractivity (Wildman–Crippen MR) is 136 cm³/mol. The van der Waals surface area contributed by atoms with Crippen molar-refractivity contribution >= 4 is 46.1 Å². The molecule has 0 bridgehead atoms. The van der Waals surface area contributed by atoms with Gasteiger partial charge in [-0.25, -0.2) is 5.43 Å². The summed E-state index contributed by atoms with van der Waals surface area (Å²) in [5.74, 6) is -0.155. The number of hydrogen-bond donors (Lipinski definition) is 1. The zero-order chi connectivity index (χ0) is 25.5. The van der Waals surface area contributed by atoms with Gasteiger partial charge in [-0.2, -0.15) is 5.10 Å². The molecule has 0 fully saturated rings. The molecule has 2 heterocycles. The van der Waals surface area contributed by atoms with Gasteiger partial charge in [0, 0.05) is 34.8 Å². The highest BCUT2D eigenvalue weighted by atomic mass is 35.5. The molecule has 1 N–H and O–H groups in total. The third-order valence-electron chi connectivity index (χ3n) is 6.41. The topological polar surface area (TPSA) is 110 Å². The highest BCUT2D eigenvalue weighted by Crippen LogP contribution is 2.44. The molecule has 1 aliphatic heterocycles. The molecule has 2 aromatic carbocycles. The molecule has 1 aromatic heterocycles. The Balaban J connectivity index is 1.57. The van der Waals surface area contributed by atoms with Crippen molar-refractivity contribution < 1.29 is 18.9 Å². The third-order valence-corrected chi connectivity index (χ3v) is 6.74. The summed E-state index contributed by atoms with van der Waals surface area (Å²) in [6.45, 7) is 9.68. The van der Waals surface area contributed by atoms with Crippen LogP contribution in [0.1, 0.15) is 61.7 Å². The highest BCUT2D eigenvalue weighted by Gasteiger charge is 2.35. The van der Waals surface area contributed by atoms with Crippen molar-refractivity contribution in [1.29, 1.82) is 0 Å². The minimum Gasteiger partial charge on any atom is -0.493 e. The number of carbonyl (C=O) groups excluding carboxylic acids is 1. The van der Waals surface area contributed by atoms with Crippen LogP contribution in [0.15, 0.2) is 39.9 Å². The molecule has 0 saturated heterocycles. The first-order valence-corrected chi connectivity index (χ1v) is 11.6. The molecule has 9 nitrogen and oxygen atoms in total. The lowest BCUT2D eigenvalue weighted by molar-refractivity contribution is -0.384. The van der Waals surface area contributed by atoms with Crippen molar-refractivity contribution in [3.63, 3.8) is 0 Å². The fourth-order valence-corrected chi connectivity index (χ4v) is 5.12. The number of hydrazone groups is 1. The van der Waals surface area contributed by atoms with Gasteiger partial charge in [-0.1, -0.05) is 18.5 Å². The Morgan fingerprint density at radius 1 is 1.37 bits per heavy atom. The van der Waals surface area contributed by atoms with Crippen LogP contribution < -0.4 is 15.1 Å². The van der Waals surface area contributed by atoms with E-state index in [2.05, 4.69) is 43.1 Å². The first-order valence-electron chi connectivity index (χ1n) is 11.3. The number of hydrogen-bond acceptors (Lipinski definition) is 7. The minimum absolute atomic E-state index is 0.0315. The minimum atomic E-state index is -0.608. The second-order valence-electron chi connectivity index (χ2n) is 9.23. The Kier molecular flexibility index (Phi) is 6.46. The third kappa shape index (κ3) is 4.55. The van der Waals surface area contributed by atoms with Gasteiger partial charge in [-0.15, -0.1) is 0 Å². The van der Waals surface area contributed by atoms with Crippen LogP contribution in [0.3, 0.4) is 0 Å². The van der Waals surface area contributed by atoms with Crippen molar-refractivity contribution in [2.24, 2.45) is 5.10 Å². The maximum absolute atomic E-state index is 12.6. The summed E-state index contributed by atoms with van der Waals surface area (Å²) in [5, 5.41) is 16.1. The van der Waals surface area contributed by atoms with E-state index in [1.165, 1.54) is 37.1 Å². The number of halogens is 1. The van der Waals surface area contributed by atoms with E-state index in [0.29, 0.717) is 21.9 Å². The van der Waals surface area contributed by atoms with Gasteiger partial charge in [-0.05, 0) is 56.9 Å². The van der Waals surface area contributed by atoms with E-state index in [9.17, 15) is 14.9 Å². The number of nitrogens with zero attached hydrogens (tertiary/aromatic N) is 3. The number of benzene rings is 2. The van der Waals surface area contributed by atoms with E-state index in [1.54, 1.807) is 0 Å². The van der Waals surface area contributed by atoms with Gasteiger partial charge in [0.1, 0.15) is 0 Å². The zero-order valence-electron chi connectivity index (χ0n) is 20.2. The van der Waals surface area contributed by atoms with Crippen LogP contribution in [0.2, 0.25) is 5.02 Å². The fraction of sp³-hybridized carbons (Fsp3) is 0.360. The normalized spacial score (nSPS) is 17.0. The number of carbonyl (C=O) groups is 1. The first-order chi connectivity index (χ1) is 16.6. The van der Waals surface area contributed by atoms with Crippen molar-refractivity contribution in [1.82, 2.24) is 5.43 Å². The Morgan fingerprint density at radius 3 is 2.77 bits per heavy atom. The first kappa shape index (κ1) is 24.5. The SMILES string of the molecule is CCN1c2cc(Cl)c(/C=N\NC(=O)c3cc4cc([N+](=O)[O-])cc(OC)c4o3)cc2C(C)CC1(C)C. The molecule has 1 atom stereocenters. The van der Waals surface area contributed by atoms with Gasteiger partial charge in [0.2, 0.25) is 0 Å². The summed E-state index contributed by atoms with van der Waals surface area (Å²) in [7, 11) is 1.37. The lowest BCUT2D eigenvalue weighted by Crippen LogP contribution is -2.48. The quantitative estimate of drug-likeness (QED) is 0.258. The van der Waals surface area contributed by atoms with Crippen molar-refractivity contribution in [3.8, 4) is 5.75 Å². The molecule has 0 saturated carbocycles. The van der Waals surface area contributed by atoms with Gasteiger partial charge >= 0.3 is 5.91 Å². The van der Waals surface area contributed by atoms with Gasteiger partial charge in [-0.3, -0.25) is 14.9 Å². The summed E-state index contributed by atoms with van der Waals surface area (Å²) >= 11 is 6.57. The molecule has 1 aliphatic rings. The van der Waals surface area contributed by atoms with Crippen molar-refractivity contribution in [2.45, 2.75) is 45.6 Å². The number of methoxy groups -OCH3 is 1. The maximum atomic E-state index is 12.6. The lowest BCUT2D eigenvalue weighted by Gasteiger charge is -2.47. The lowest BCUT2D eigenvalue weighted by atomic mass is 9.79. The molecule has 3 aromatic rings. The predicted octanol–water partition coefficient (Wildman–Crippen LogP) is 5.88. The van der Waals surface area contributed by atoms with Crippen LogP contribution in [0, 0.1) is 10.1 Å². The largest absolute Gasteiger partial charge is 0.493 e. The number of anilines is 1. The summed E-state index contributed by atoms with van der Waals surface area (Å²) < 4.78 is 10.7. The molecule has 1 unspecified atom stereocenters. The summed E-state index contributed by atoms with van der Waals surface area (Å²) in [6.07, 6.45) is 2.51. The van der Waals surface area contributed by atoms with Gasteiger partial charge in [0.15, 0.2) is 17.1 Å². The highest BCUT2D eigenvalue weighted by molar-refractivity contribution is 6.33. The fourth-order valence-electron chi connectivity index (χ4n) is 4.91. The van der Waals surface area contributed by atoms with Crippen molar-refractivity contribution in [3.05, 3.63) is 62.4 Å². The molecule has 4 rings (SSSR count). The molecular weight excluding hydrogens is 472 g/mol. The number of fused-ring (bicyclic) bond motifs is 2. The standard InChI is InChI=1S/C25H27ClN4O5/c1-6-29-20-11-19(26)16(8-18(20)14(2)12-25(29,3)4)13-27-28-24(31)22-9-15-7-17(30(32)33)10-21(34-5)23(15)35-22/h7-11,13-14H,6,12H2,1-5H3,(H,28,31)/b27-13-. The molecule has 0 radical (unpaired) electrons. The molecule has 1 amide bonds. The number of nitrogens with one attached hydrogen (secondary N) is 1. The van der Waals surface area contributed by atoms with E-state index in [0.717, 1.165) is 18.7 Å². The Bertz CT molecular complexity index is 1350. The molecule has 0 spiro atoms. The summed E-state index contributed by atoms with van der Waals surface area (Å²) in [5.41, 5.74) is 5.53. The Labute approximate surface area is 207 Å². The second-order valence-corrected chi connectivity index (χ2v) is 9.63. The second kappa shape index (κ2) is 9.22. The molecule has 35 heavy (non-hydrogen) atoms. The molecule has 0 aliphatic carbocycles.